The summed E-state index contributed by atoms with van der Waals surface area (Å²) in [5, 5.41) is 0. The molecule has 21 heavy (non-hydrogen) atoms. The minimum absolute atomic E-state index is 0.352. The summed E-state index contributed by atoms with van der Waals surface area (Å²) in [5.74, 6) is 7.11. The van der Waals surface area contributed by atoms with Crippen molar-refractivity contribution in [2.75, 3.05) is 5.88 Å². The number of rotatable bonds is 4. The van der Waals surface area contributed by atoms with Crippen LogP contribution in [0.25, 0.3) is 0 Å². The van der Waals surface area contributed by atoms with Gasteiger partial charge in [0.1, 0.15) is 12.4 Å². The number of hydrogen-bond acceptors (Lipinski definition) is 1. The fourth-order valence-electron chi connectivity index (χ4n) is 2.06. The fraction of sp³-hybridized carbons (Fsp3) is 0.263. The molecule has 1 nitrogen and oxygen atoms in total. The lowest BCUT2D eigenvalue weighted by Crippen LogP contribution is -1.97. The Kier molecular flexibility index (Phi) is 5.72. The molecule has 0 amide bonds. The Hall–Kier alpha value is -1.91. The normalized spacial score (nSPS) is 9.86. The summed E-state index contributed by atoms with van der Waals surface area (Å²) in [7, 11) is 0. The predicted octanol–water partition coefficient (Wildman–Crippen LogP) is 4.73. The Bertz CT molecular complexity index is 648. The minimum Gasteiger partial charge on any atom is -0.489 e. The standard InChI is InChI=1S/C19H19ClO/c1-3-16-6-8-18(9-7-16)14-21-19-11-10-17(5-4-12-20)13-15(19)2/h6-11,13H,3,12,14H2,1-2H3. The van der Waals surface area contributed by atoms with Gasteiger partial charge in [-0.1, -0.05) is 43.0 Å². The average molecular weight is 299 g/mol. The second kappa shape index (κ2) is 7.76. The van der Waals surface area contributed by atoms with Crippen LogP contribution in [0.4, 0.5) is 0 Å². The van der Waals surface area contributed by atoms with Gasteiger partial charge in [0.15, 0.2) is 0 Å². The maximum atomic E-state index is 5.88. The molecule has 108 valence electrons. The molecule has 0 bridgehead atoms. The van der Waals surface area contributed by atoms with Crippen LogP contribution in [0.2, 0.25) is 0 Å². The highest BCUT2D eigenvalue weighted by molar-refractivity contribution is 6.19. The summed E-state index contributed by atoms with van der Waals surface area (Å²) in [5.41, 5.74) is 4.57. The molecule has 0 radical (unpaired) electrons. The summed E-state index contributed by atoms with van der Waals surface area (Å²) in [6.45, 7) is 4.77. The molecule has 0 heterocycles. The van der Waals surface area contributed by atoms with Crippen molar-refractivity contribution in [1.82, 2.24) is 0 Å². The maximum absolute atomic E-state index is 5.88. The second-order valence-corrected chi connectivity index (χ2v) is 5.14. The molecule has 0 spiro atoms. The first-order valence-corrected chi connectivity index (χ1v) is 7.62. The second-order valence-electron chi connectivity index (χ2n) is 4.87. The van der Waals surface area contributed by atoms with Gasteiger partial charge < -0.3 is 4.74 Å². The van der Waals surface area contributed by atoms with Crippen LogP contribution in [0, 0.1) is 18.8 Å². The molecule has 0 aromatic heterocycles. The zero-order valence-corrected chi connectivity index (χ0v) is 13.2. The molecule has 0 aliphatic rings. The van der Waals surface area contributed by atoms with Crippen LogP contribution in [-0.4, -0.2) is 5.88 Å². The first-order valence-electron chi connectivity index (χ1n) is 7.09. The molecule has 0 N–H and O–H groups in total. The van der Waals surface area contributed by atoms with Gasteiger partial charge in [-0.3, -0.25) is 0 Å². The SMILES string of the molecule is CCc1ccc(COc2ccc(C#CCCl)cc2C)cc1. The summed E-state index contributed by atoms with van der Waals surface area (Å²) in [6, 6.07) is 14.5. The third-order valence-corrected chi connectivity index (χ3v) is 3.43. The van der Waals surface area contributed by atoms with E-state index in [1.807, 2.05) is 25.1 Å². The lowest BCUT2D eigenvalue weighted by atomic mass is 10.1. The third kappa shape index (κ3) is 4.55. The fourth-order valence-corrected chi connectivity index (χ4v) is 2.12. The molecule has 0 fully saturated rings. The number of alkyl halides is 1. The molecule has 0 aliphatic carbocycles. The van der Waals surface area contributed by atoms with Gasteiger partial charge in [0.05, 0.1) is 5.88 Å². The Morgan fingerprint density at radius 2 is 1.76 bits per heavy atom. The number of benzene rings is 2. The smallest absolute Gasteiger partial charge is 0.122 e. The number of halogens is 1. The van der Waals surface area contributed by atoms with Gasteiger partial charge in [0.2, 0.25) is 0 Å². The van der Waals surface area contributed by atoms with Crippen molar-refractivity contribution < 1.29 is 4.74 Å². The summed E-state index contributed by atoms with van der Waals surface area (Å²) >= 11 is 5.56. The van der Waals surface area contributed by atoms with Crippen molar-refractivity contribution in [3.8, 4) is 17.6 Å². The van der Waals surface area contributed by atoms with E-state index in [0.29, 0.717) is 12.5 Å². The van der Waals surface area contributed by atoms with Crippen molar-refractivity contribution >= 4 is 11.6 Å². The van der Waals surface area contributed by atoms with Crippen molar-refractivity contribution in [3.05, 3.63) is 64.7 Å². The van der Waals surface area contributed by atoms with E-state index in [0.717, 1.165) is 23.3 Å². The molecular formula is C19H19ClO. The minimum atomic E-state index is 0.352. The Labute approximate surface area is 131 Å². The molecule has 0 unspecified atom stereocenters. The van der Waals surface area contributed by atoms with Crippen LogP contribution in [0.5, 0.6) is 5.75 Å². The van der Waals surface area contributed by atoms with Gasteiger partial charge >= 0.3 is 0 Å². The van der Waals surface area contributed by atoms with E-state index < -0.39 is 0 Å². The van der Waals surface area contributed by atoms with Crippen molar-refractivity contribution in [2.24, 2.45) is 0 Å². The molecule has 0 aliphatic heterocycles. The zero-order valence-electron chi connectivity index (χ0n) is 12.4. The molecule has 2 rings (SSSR count). The van der Waals surface area contributed by atoms with Crippen LogP contribution in [0.1, 0.15) is 29.2 Å². The van der Waals surface area contributed by atoms with Gasteiger partial charge in [0, 0.05) is 5.56 Å². The molecule has 0 saturated heterocycles. The largest absolute Gasteiger partial charge is 0.489 e. The van der Waals surface area contributed by atoms with E-state index in [1.165, 1.54) is 11.1 Å². The van der Waals surface area contributed by atoms with Gasteiger partial charge in [-0.25, -0.2) is 0 Å². The van der Waals surface area contributed by atoms with Crippen molar-refractivity contribution in [1.29, 1.82) is 0 Å². The quantitative estimate of drug-likeness (QED) is 0.586. The van der Waals surface area contributed by atoms with Crippen LogP contribution in [0.15, 0.2) is 42.5 Å². The third-order valence-electron chi connectivity index (χ3n) is 3.30. The van der Waals surface area contributed by atoms with Crippen molar-refractivity contribution in [2.45, 2.75) is 26.9 Å². The lowest BCUT2D eigenvalue weighted by Gasteiger charge is -2.10. The van der Waals surface area contributed by atoms with Crippen LogP contribution in [0.3, 0.4) is 0 Å². The van der Waals surface area contributed by atoms with Gasteiger partial charge in [-0.05, 0) is 48.2 Å². The number of hydrogen-bond donors (Lipinski definition) is 0. The van der Waals surface area contributed by atoms with Gasteiger partial charge in [-0.2, -0.15) is 0 Å². The Balaban J connectivity index is 2.02. The van der Waals surface area contributed by atoms with E-state index in [1.54, 1.807) is 0 Å². The van der Waals surface area contributed by atoms with E-state index in [2.05, 4.69) is 43.0 Å². The van der Waals surface area contributed by atoms with E-state index in [4.69, 9.17) is 16.3 Å². The monoisotopic (exact) mass is 298 g/mol. The molecule has 2 aromatic rings. The van der Waals surface area contributed by atoms with Crippen molar-refractivity contribution in [3.63, 3.8) is 0 Å². The van der Waals surface area contributed by atoms with E-state index in [-0.39, 0.29) is 0 Å². The van der Waals surface area contributed by atoms with Crippen LogP contribution < -0.4 is 4.74 Å². The highest BCUT2D eigenvalue weighted by Gasteiger charge is 2.01. The molecular weight excluding hydrogens is 280 g/mol. The molecule has 0 atom stereocenters. The van der Waals surface area contributed by atoms with E-state index in [9.17, 15) is 0 Å². The molecule has 0 saturated carbocycles. The first kappa shape index (κ1) is 15.5. The number of ether oxygens (including phenoxy) is 1. The first-order chi connectivity index (χ1) is 10.2. The Morgan fingerprint density at radius 3 is 2.38 bits per heavy atom. The molecule has 2 aromatic carbocycles. The van der Waals surface area contributed by atoms with Crippen LogP contribution >= 0.6 is 11.6 Å². The topological polar surface area (TPSA) is 9.23 Å². The van der Waals surface area contributed by atoms with Gasteiger partial charge in [0.25, 0.3) is 0 Å². The number of aryl methyl sites for hydroxylation is 2. The van der Waals surface area contributed by atoms with E-state index >= 15 is 0 Å². The predicted molar refractivity (Wildman–Crippen MR) is 88.9 cm³/mol. The van der Waals surface area contributed by atoms with Gasteiger partial charge in [-0.15, -0.1) is 11.6 Å². The maximum Gasteiger partial charge on any atom is 0.122 e. The van der Waals surface area contributed by atoms with Crippen LogP contribution in [-0.2, 0) is 13.0 Å². The summed E-state index contributed by atoms with van der Waals surface area (Å²) in [6.07, 6.45) is 1.06. The molecule has 2 heteroatoms. The highest BCUT2D eigenvalue weighted by Crippen LogP contribution is 2.20. The average Bonchev–Trinajstić information content (AvgIpc) is 2.52. The summed E-state index contributed by atoms with van der Waals surface area (Å²) < 4.78 is 5.88. The zero-order chi connectivity index (χ0) is 15.1. The lowest BCUT2D eigenvalue weighted by molar-refractivity contribution is 0.304. The highest BCUT2D eigenvalue weighted by atomic mass is 35.5. The Morgan fingerprint density at radius 1 is 1.05 bits per heavy atom. The summed E-state index contributed by atoms with van der Waals surface area (Å²) in [4.78, 5) is 0.